The van der Waals surface area contributed by atoms with Crippen molar-refractivity contribution in [1.82, 2.24) is 15.2 Å². The molecule has 0 radical (unpaired) electrons. The molecular formula is C20H25N3O. The van der Waals surface area contributed by atoms with Crippen molar-refractivity contribution in [2.75, 3.05) is 19.6 Å². The minimum Gasteiger partial charge on any atom is -0.352 e. The van der Waals surface area contributed by atoms with E-state index in [9.17, 15) is 4.79 Å². The Morgan fingerprint density at radius 2 is 1.92 bits per heavy atom. The van der Waals surface area contributed by atoms with Crippen LogP contribution in [0.4, 0.5) is 0 Å². The van der Waals surface area contributed by atoms with Crippen LogP contribution in [0.1, 0.15) is 34.5 Å². The van der Waals surface area contributed by atoms with Crippen LogP contribution in [0.2, 0.25) is 0 Å². The number of pyridine rings is 1. The summed E-state index contributed by atoms with van der Waals surface area (Å²) in [4.78, 5) is 18.8. The first kappa shape index (κ1) is 16.7. The highest BCUT2D eigenvalue weighted by molar-refractivity contribution is 5.93. The number of hydrogen-bond donors (Lipinski definition) is 1. The largest absolute Gasteiger partial charge is 0.352 e. The van der Waals surface area contributed by atoms with Crippen molar-refractivity contribution in [1.29, 1.82) is 0 Å². The summed E-state index contributed by atoms with van der Waals surface area (Å²) in [6.07, 6.45) is 3.92. The molecule has 1 aromatic heterocycles. The molecule has 126 valence electrons. The zero-order chi connectivity index (χ0) is 16.8. The first-order chi connectivity index (χ1) is 11.7. The van der Waals surface area contributed by atoms with Crippen molar-refractivity contribution in [2.45, 2.75) is 26.3 Å². The highest BCUT2D eigenvalue weighted by Gasteiger charge is 2.20. The molecule has 1 aliphatic heterocycles. The number of aromatic nitrogens is 1. The summed E-state index contributed by atoms with van der Waals surface area (Å²) < 4.78 is 0. The van der Waals surface area contributed by atoms with Gasteiger partial charge in [-0.15, -0.1) is 0 Å². The maximum absolute atomic E-state index is 12.1. The van der Waals surface area contributed by atoms with E-state index in [-0.39, 0.29) is 5.91 Å². The summed E-state index contributed by atoms with van der Waals surface area (Å²) in [5.74, 6) is 0.550. The first-order valence-electron chi connectivity index (χ1n) is 8.68. The van der Waals surface area contributed by atoms with Crippen molar-refractivity contribution in [3.8, 4) is 0 Å². The number of amides is 1. The minimum absolute atomic E-state index is 0.0192. The van der Waals surface area contributed by atoms with Crippen molar-refractivity contribution in [3.05, 3.63) is 65.5 Å². The molecule has 0 spiro atoms. The molecule has 1 amide bonds. The lowest BCUT2D eigenvalue weighted by Gasteiger charge is -2.32. The first-order valence-corrected chi connectivity index (χ1v) is 8.68. The summed E-state index contributed by atoms with van der Waals surface area (Å²) in [5, 5.41) is 3.06. The standard InChI is InChI=1S/C20H25N3O/c1-16-7-8-19(14-21-16)20(24)22-13-17-9-11-23(12-10-17)15-18-5-3-2-4-6-18/h2-8,14,17H,9-13,15H2,1H3,(H,22,24). The third-order valence-electron chi connectivity index (χ3n) is 4.68. The smallest absolute Gasteiger partial charge is 0.252 e. The molecule has 4 heteroatoms. The van der Waals surface area contributed by atoms with Gasteiger partial charge in [-0.1, -0.05) is 30.3 Å². The lowest BCUT2D eigenvalue weighted by atomic mass is 9.96. The molecule has 1 N–H and O–H groups in total. The molecular weight excluding hydrogens is 298 g/mol. The number of carbonyl (C=O) groups is 1. The Kier molecular flexibility index (Phi) is 5.59. The predicted octanol–water partition coefficient (Wildman–Crippen LogP) is 3.03. The van der Waals surface area contributed by atoms with Crippen molar-refractivity contribution < 1.29 is 4.79 Å². The fourth-order valence-corrected chi connectivity index (χ4v) is 3.13. The summed E-state index contributed by atoms with van der Waals surface area (Å²) in [5.41, 5.74) is 2.94. The van der Waals surface area contributed by atoms with E-state index in [0.29, 0.717) is 11.5 Å². The molecule has 3 rings (SSSR count). The number of rotatable bonds is 5. The molecule has 0 unspecified atom stereocenters. The summed E-state index contributed by atoms with van der Waals surface area (Å²) in [6.45, 7) is 5.90. The molecule has 4 nitrogen and oxygen atoms in total. The fraction of sp³-hybridized carbons (Fsp3) is 0.400. The number of benzene rings is 1. The maximum atomic E-state index is 12.1. The van der Waals surface area contributed by atoms with Gasteiger partial charge < -0.3 is 5.32 Å². The summed E-state index contributed by atoms with van der Waals surface area (Å²) in [7, 11) is 0. The van der Waals surface area contributed by atoms with Crippen LogP contribution in [-0.2, 0) is 6.54 Å². The van der Waals surface area contributed by atoms with Gasteiger partial charge in [0.15, 0.2) is 0 Å². The molecule has 1 aromatic carbocycles. The van der Waals surface area contributed by atoms with Gasteiger partial charge in [-0.2, -0.15) is 0 Å². The Hall–Kier alpha value is -2.20. The summed E-state index contributed by atoms with van der Waals surface area (Å²) >= 11 is 0. The normalized spacial score (nSPS) is 16.0. The Morgan fingerprint density at radius 3 is 2.58 bits per heavy atom. The van der Waals surface area contributed by atoms with Crippen LogP contribution in [0.5, 0.6) is 0 Å². The van der Waals surface area contributed by atoms with E-state index in [1.807, 2.05) is 19.1 Å². The average Bonchev–Trinajstić information content (AvgIpc) is 2.62. The molecule has 0 aliphatic carbocycles. The number of likely N-dealkylation sites (tertiary alicyclic amines) is 1. The van der Waals surface area contributed by atoms with Gasteiger partial charge in [0.25, 0.3) is 5.91 Å². The van der Waals surface area contributed by atoms with Gasteiger partial charge in [0.2, 0.25) is 0 Å². The van der Waals surface area contributed by atoms with E-state index in [2.05, 4.69) is 45.5 Å². The van der Waals surface area contributed by atoms with Gasteiger partial charge in [-0.05, 0) is 56.5 Å². The van der Waals surface area contributed by atoms with Crippen molar-refractivity contribution in [3.63, 3.8) is 0 Å². The fourth-order valence-electron chi connectivity index (χ4n) is 3.13. The molecule has 0 atom stereocenters. The maximum Gasteiger partial charge on any atom is 0.252 e. The van der Waals surface area contributed by atoms with Gasteiger partial charge in [-0.3, -0.25) is 14.7 Å². The third kappa shape index (κ3) is 4.65. The number of carbonyl (C=O) groups excluding carboxylic acids is 1. The monoisotopic (exact) mass is 323 g/mol. The van der Waals surface area contributed by atoms with Crippen LogP contribution >= 0.6 is 0 Å². The quantitative estimate of drug-likeness (QED) is 0.920. The highest BCUT2D eigenvalue weighted by atomic mass is 16.1. The number of hydrogen-bond acceptors (Lipinski definition) is 3. The number of piperidine rings is 1. The van der Waals surface area contributed by atoms with Crippen LogP contribution in [0.15, 0.2) is 48.7 Å². The second-order valence-corrected chi connectivity index (χ2v) is 6.60. The van der Waals surface area contributed by atoms with Gasteiger partial charge in [0.1, 0.15) is 0 Å². The zero-order valence-corrected chi connectivity index (χ0v) is 14.2. The molecule has 0 bridgehead atoms. The Balaban J connectivity index is 1.41. The van der Waals surface area contributed by atoms with E-state index in [4.69, 9.17) is 0 Å². The second kappa shape index (κ2) is 8.06. The second-order valence-electron chi connectivity index (χ2n) is 6.60. The third-order valence-corrected chi connectivity index (χ3v) is 4.68. The molecule has 24 heavy (non-hydrogen) atoms. The van der Waals surface area contributed by atoms with Crippen LogP contribution in [-0.4, -0.2) is 35.4 Å². The van der Waals surface area contributed by atoms with Gasteiger partial charge in [0.05, 0.1) is 5.56 Å². The van der Waals surface area contributed by atoms with E-state index < -0.39 is 0 Å². The van der Waals surface area contributed by atoms with Gasteiger partial charge in [0, 0.05) is 25.0 Å². The molecule has 0 saturated carbocycles. The molecule has 2 heterocycles. The number of nitrogens with one attached hydrogen (secondary N) is 1. The number of nitrogens with zero attached hydrogens (tertiary/aromatic N) is 2. The summed E-state index contributed by atoms with van der Waals surface area (Å²) in [6, 6.07) is 14.3. The minimum atomic E-state index is -0.0192. The SMILES string of the molecule is Cc1ccc(C(=O)NCC2CCN(Cc3ccccc3)CC2)cn1. The predicted molar refractivity (Wildman–Crippen MR) is 95.8 cm³/mol. The topological polar surface area (TPSA) is 45.2 Å². The van der Waals surface area contributed by atoms with Crippen molar-refractivity contribution in [2.24, 2.45) is 5.92 Å². The van der Waals surface area contributed by atoms with E-state index in [0.717, 1.165) is 44.7 Å². The van der Waals surface area contributed by atoms with E-state index in [1.165, 1.54) is 5.56 Å². The molecule has 1 fully saturated rings. The average molecular weight is 323 g/mol. The Morgan fingerprint density at radius 1 is 1.17 bits per heavy atom. The number of aryl methyl sites for hydroxylation is 1. The van der Waals surface area contributed by atoms with Crippen molar-refractivity contribution >= 4 is 5.91 Å². The van der Waals surface area contributed by atoms with Crippen LogP contribution in [0.25, 0.3) is 0 Å². The molecule has 2 aromatic rings. The Labute approximate surface area is 143 Å². The van der Waals surface area contributed by atoms with E-state index >= 15 is 0 Å². The lowest BCUT2D eigenvalue weighted by molar-refractivity contribution is 0.0935. The van der Waals surface area contributed by atoms with Gasteiger partial charge in [-0.25, -0.2) is 0 Å². The van der Waals surface area contributed by atoms with Crippen LogP contribution in [0.3, 0.4) is 0 Å². The van der Waals surface area contributed by atoms with Crippen LogP contribution in [0, 0.1) is 12.8 Å². The lowest BCUT2D eigenvalue weighted by Crippen LogP contribution is -2.38. The molecule has 1 saturated heterocycles. The van der Waals surface area contributed by atoms with Gasteiger partial charge >= 0.3 is 0 Å². The van der Waals surface area contributed by atoms with Crippen LogP contribution < -0.4 is 5.32 Å². The highest BCUT2D eigenvalue weighted by Crippen LogP contribution is 2.18. The Bertz CT molecular complexity index is 646. The zero-order valence-electron chi connectivity index (χ0n) is 14.2. The molecule has 1 aliphatic rings. The van der Waals surface area contributed by atoms with E-state index in [1.54, 1.807) is 6.20 Å².